The molecule has 0 spiro atoms. The first kappa shape index (κ1) is 24.7. The Bertz CT molecular complexity index is 1070. The van der Waals surface area contributed by atoms with Crippen LogP contribution in [0.3, 0.4) is 0 Å². The zero-order chi connectivity index (χ0) is 24.8. The van der Waals surface area contributed by atoms with Gasteiger partial charge in [0.2, 0.25) is 5.91 Å². The molecule has 0 aromatic heterocycles. The minimum Gasteiger partial charge on any atom is -0.497 e. The van der Waals surface area contributed by atoms with Crippen LogP contribution in [0.5, 0.6) is 11.5 Å². The molecule has 2 aromatic carbocycles. The number of hydrogen-bond donors (Lipinski definition) is 0. The van der Waals surface area contributed by atoms with E-state index in [2.05, 4.69) is 0 Å². The van der Waals surface area contributed by atoms with Crippen LogP contribution in [0.1, 0.15) is 42.9 Å². The number of carbonyl (C=O) groups excluding carboxylic acids is 2. The van der Waals surface area contributed by atoms with Crippen LogP contribution in [0.4, 0.5) is 0 Å². The maximum absolute atomic E-state index is 13.6. The molecule has 1 atom stereocenters. The van der Waals surface area contributed by atoms with E-state index in [0.29, 0.717) is 31.1 Å². The molecule has 186 valence electrons. The van der Waals surface area contributed by atoms with Crippen molar-refractivity contribution in [3.05, 3.63) is 59.7 Å². The van der Waals surface area contributed by atoms with Gasteiger partial charge in [-0.15, -0.1) is 0 Å². The van der Waals surface area contributed by atoms with E-state index in [0.717, 1.165) is 36.1 Å². The lowest BCUT2D eigenvalue weighted by Gasteiger charge is -2.32. The molecule has 0 bridgehead atoms. The van der Waals surface area contributed by atoms with Gasteiger partial charge in [-0.25, -0.2) is 5.01 Å². The first-order chi connectivity index (χ1) is 17.0. The lowest BCUT2D eigenvalue weighted by molar-refractivity contribution is -0.146. The molecule has 8 heteroatoms. The van der Waals surface area contributed by atoms with Crippen molar-refractivity contribution in [1.29, 1.82) is 0 Å². The molecule has 1 saturated carbocycles. The Morgan fingerprint density at radius 1 is 1.06 bits per heavy atom. The summed E-state index contributed by atoms with van der Waals surface area (Å²) in [4.78, 5) is 28.2. The first-order valence-corrected chi connectivity index (χ1v) is 12.0. The number of carbonyl (C=O) groups is 2. The van der Waals surface area contributed by atoms with E-state index in [4.69, 9.17) is 19.3 Å². The average molecular weight is 480 g/mol. The normalized spacial score (nSPS) is 17.5. The monoisotopic (exact) mass is 479 g/mol. The Hall–Kier alpha value is -3.39. The van der Waals surface area contributed by atoms with Gasteiger partial charge in [-0.3, -0.25) is 9.59 Å². The van der Waals surface area contributed by atoms with Gasteiger partial charge in [0.05, 0.1) is 32.6 Å². The van der Waals surface area contributed by atoms with Crippen molar-refractivity contribution < 1.29 is 23.8 Å². The van der Waals surface area contributed by atoms with Crippen molar-refractivity contribution in [3.63, 3.8) is 0 Å². The Kier molecular flexibility index (Phi) is 8.02. The van der Waals surface area contributed by atoms with Gasteiger partial charge in [0.25, 0.3) is 5.91 Å². The lowest BCUT2D eigenvalue weighted by atomic mass is 9.84. The van der Waals surface area contributed by atoms with Crippen molar-refractivity contribution in [2.24, 2.45) is 11.0 Å². The van der Waals surface area contributed by atoms with Crippen molar-refractivity contribution in [1.82, 2.24) is 9.91 Å². The molecular formula is C27H33N3O5. The number of hydrazone groups is 1. The molecule has 1 aliphatic heterocycles. The molecular weight excluding hydrogens is 446 g/mol. The second-order valence-electron chi connectivity index (χ2n) is 8.86. The third-order valence-corrected chi connectivity index (χ3v) is 6.73. The van der Waals surface area contributed by atoms with Crippen LogP contribution in [0.25, 0.3) is 0 Å². The fourth-order valence-electron chi connectivity index (χ4n) is 4.49. The van der Waals surface area contributed by atoms with Gasteiger partial charge in [0.15, 0.2) is 0 Å². The Morgan fingerprint density at radius 2 is 1.83 bits per heavy atom. The number of nitrogens with zero attached hydrogens (tertiary/aromatic N) is 3. The largest absolute Gasteiger partial charge is 0.497 e. The van der Waals surface area contributed by atoms with Crippen molar-refractivity contribution in [3.8, 4) is 11.5 Å². The minimum atomic E-state index is -0.270. The molecule has 0 saturated heterocycles. The number of benzene rings is 2. The van der Waals surface area contributed by atoms with E-state index in [9.17, 15) is 9.59 Å². The van der Waals surface area contributed by atoms with Crippen LogP contribution in [-0.2, 0) is 14.3 Å². The van der Waals surface area contributed by atoms with Crippen LogP contribution in [-0.4, -0.2) is 68.5 Å². The molecule has 2 aromatic rings. The molecule has 0 N–H and O–H groups in total. The average Bonchev–Trinajstić information content (AvgIpc) is 3.31. The molecule has 1 fully saturated rings. The minimum absolute atomic E-state index is 0.00535. The third kappa shape index (κ3) is 5.48. The Balaban J connectivity index is 1.62. The third-order valence-electron chi connectivity index (χ3n) is 6.73. The SMILES string of the molecule is COCCN(CC(=O)N1N=C(c2ccc(OC)cc2OC)C[C@@H]1c1ccccc1)C(=O)C1CCC1. The molecule has 35 heavy (non-hydrogen) atoms. The summed E-state index contributed by atoms with van der Waals surface area (Å²) in [7, 11) is 4.80. The summed E-state index contributed by atoms with van der Waals surface area (Å²) in [5.41, 5.74) is 2.55. The number of methoxy groups -OCH3 is 3. The van der Waals surface area contributed by atoms with Gasteiger partial charge in [0, 0.05) is 37.6 Å². The highest BCUT2D eigenvalue weighted by molar-refractivity contribution is 6.05. The van der Waals surface area contributed by atoms with E-state index >= 15 is 0 Å². The van der Waals surface area contributed by atoms with Crippen LogP contribution in [0.15, 0.2) is 53.6 Å². The molecule has 1 aliphatic carbocycles. The molecule has 0 unspecified atom stereocenters. The zero-order valence-corrected chi connectivity index (χ0v) is 20.6. The van der Waals surface area contributed by atoms with Crippen molar-refractivity contribution in [2.45, 2.75) is 31.7 Å². The van der Waals surface area contributed by atoms with Crippen molar-refractivity contribution >= 4 is 17.5 Å². The molecule has 8 nitrogen and oxygen atoms in total. The molecule has 2 amide bonds. The fourth-order valence-corrected chi connectivity index (χ4v) is 4.49. The summed E-state index contributed by atoms with van der Waals surface area (Å²) in [5.74, 6) is 1.13. The van der Waals surface area contributed by atoms with Gasteiger partial charge in [-0.05, 0) is 30.5 Å². The highest BCUT2D eigenvalue weighted by Crippen LogP contribution is 2.36. The molecule has 1 heterocycles. The first-order valence-electron chi connectivity index (χ1n) is 12.0. The second kappa shape index (κ2) is 11.4. The van der Waals surface area contributed by atoms with E-state index in [1.807, 2.05) is 48.5 Å². The summed E-state index contributed by atoms with van der Waals surface area (Å²) in [6.07, 6.45) is 3.36. The van der Waals surface area contributed by atoms with E-state index < -0.39 is 0 Å². The van der Waals surface area contributed by atoms with Gasteiger partial charge in [-0.2, -0.15) is 5.10 Å². The van der Waals surface area contributed by atoms with E-state index in [-0.39, 0.29) is 30.3 Å². The highest BCUT2D eigenvalue weighted by Gasteiger charge is 2.36. The number of amides is 2. The smallest absolute Gasteiger partial charge is 0.262 e. The topological polar surface area (TPSA) is 80.7 Å². The standard InChI is InChI=1S/C27H33N3O5/c1-33-15-14-29(27(32)20-10-7-11-20)18-26(31)30-24(19-8-5-4-6-9-19)17-23(28-30)22-13-12-21(34-2)16-25(22)35-3/h4-6,8-9,12-13,16,20,24H,7,10-11,14-15,17-18H2,1-3H3/t24-/m1/s1. The summed E-state index contributed by atoms with van der Waals surface area (Å²) >= 11 is 0. The summed E-state index contributed by atoms with van der Waals surface area (Å²) < 4.78 is 16.1. The maximum Gasteiger partial charge on any atom is 0.262 e. The van der Waals surface area contributed by atoms with Crippen molar-refractivity contribution in [2.75, 3.05) is 41.0 Å². The van der Waals surface area contributed by atoms with E-state index in [1.165, 1.54) is 5.01 Å². The fraction of sp³-hybridized carbons (Fsp3) is 0.444. The Labute approximate surface area is 206 Å². The number of hydrogen-bond acceptors (Lipinski definition) is 6. The number of ether oxygens (including phenoxy) is 3. The summed E-state index contributed by atoms with van der Waals surface area (Å²) in [6, 6.07) is 15.1. The molecule has 2 aliphatic rings. The van der Waals surface area contributed by atoms with Crippen LogP contribution >= 0.6 is 0 Å². The maximum atomic E-state index is 13.6. The van der Waals surface area contributed by atoms with Gasteiger partial charge < -0.3 is 19.1 Å². The summed E-state index contributed by atoms with van der Waals surface area (Å²) in [6.45, 7) is 0.730. The predicted octanol–water partition coefficient (Wildman–Crippen LogP) is 3.66. The van der Waals surface area contributed by atoms with Crippen LogP contribution in [0, 0.1) is 5.92 Å². The van der Waals surface area contributed by atoms with Crippen LogP contribution in [0.2, 0.25) is 0 Å². The summed E-state index contributed by atoms with van der Waals surface area (Å²) in [5, 5.41) is 6.29. The molecule has 4 rings (SSSR count). The predicted molar refractivity (Wildman–Crippen MR) is 133 cm³/mol. The quantitative estimate of drug-likeness (QED) is 0.520. The zero-order valence-electron chi connectivity index (χ0n) is 20.6. The van der Waals surface area contributed by atoms with Gasteiger partial charge >= 0.3 is 0 Å². The van der Waals surface area contributed by atoms with Crippen LogP contribution < -0.4 is 9.47 Å². The number of rotatable bonds is 10. The Morgan fingerprint density at radius 3 is 2.46 bits per heavy atom. The lowest BCUT2D eigenvalue weighted by Crippen LogP contribution is -2.46. The highest BCUT2D eigenvalue weighted by atomic mass is 16.5. The molecule has 0 radical (unpaired) electrons. The van der Waals surface area contributed by atoms with E-state index in [1.54, 1.807) is 26.2 Å². The van der Waals surface area contributed by atoms with Gasteiger partial charge in [-0.1, -0.05) is 36.8 Å². The second-order valence-corrected chi connectivity index (χ2v) is 8.86. The van der Waals surface area contributed by atoms with Gasteiger partial charge in [0.1, 0.15) is 18.0 Å².